The van der Waals surface area contributed by atoms with Gasteiger partial charge in [0.15, 0.2) is 11.6 Å². The first-order chi connectivity index (χ1) is 5.09. The lowest BCUT2D eigenvalue weighted by Gasteiger charge is -2.10. The molecule has 0 aromatic rings. The molecule has 0 aliphatic carbocycles. The number of hydrogen-bond acceptors (Lipinski definition) is 4. The van der Waals surface area contributed by atoms with Gasteiger partial charge in [0.25, 0.3) is 0 Å². The zero-order valence-corrected chi connectivity index (χ0v) is 6.76. The first-order valence-electron chi connectivity index (χ1n) is 3.44. The second kappa shape index (κ2) is 4.98. The molecule has 0 radical (unpaired) electrons. The zero-order chi connectivity index (χ0) is 8.85. The molecule has 2 N–H and O–H groups in total. The van der Waals surface area contributed by atoms with Crippen molar-refractivity contribution < 1.29 is 14.7 Å². The molecule has 11 heavy (non-hydrogen) atoms. The zero-order valence-electron chi connectivity index (χ0n) is 6.76. The summed E-state index contributed by atoms with van der Waals surface area (Å²) >= 11 is 0. The highest BCUT2D eigenvalue weighted by molar-refractivity contribution is 6.04. The normalized spacial score (nSPS) is 10.2. The van der Waals surface area contributed by atoms with Crippen LogP contribution in [-0.2, 0) is 9.59 Å². The van der Waals surface area contributed by atoms with Gasteiger partial charge in [-0.05, 0) is 13.8 Å². The number of rotatable bonds is 5. The number of ketones is 2. The molecule has 64 valence electrons. The summed E-state index contributed by atoms with van der Waals surface area (Å²) in [4.78, 5) is 21.5. The Morgan fingerprint density at radius 1 is 1.36 bits per heavy atom. The first kappa shape index (κ1) is 10.3. The van der Waals surface area contributed by atoms with Crippen LogP contribution >= 0.6 is 0 Å². The standard InChI is InChI=1S/C7H13NO3/c1-5(10)7(6(2)11)8-3-4-9/h7-9H,3-4H2,1-2H3. The van der Waals surface area contributed by atoms with Crippen LogP contribution in [0.4, 0.5) is 0 Å². The number of carbonyl (C=O) groups is 2. The van der Waals surface area contributed by atoms with Crippen LogP contribution in [0.2, 0.25) is 0 Å². The fourth-order valence-corrected chi connectivity index (χ4v) is 0.783. The molecule has 0 unspecified atom stereocenters. The second-order valence-electron chi connectivity index (χ2n) is 2.33. The fraction of sp³-hybridized carbons (Fsp3) is 0.714. The van der Waals surface area contributed by atoms with Gasteiger partial charge in [0.1, 0.15) is 6.04 Å². The highest BCUT2D eigenvalue weighted by atomic mass is 16.3. The second-order valence-corrected chi connectivity index (χ2v) is 2.33. The molecule has 4 heteroatoms. The topological polar surface area (TPSA) is 66.4 Å². The van der Waals surface area contributed by atoms with Crippen LogP contribution in [-0.4, -0.2) is 35.9 Å². The Kier molecular flexibility index (Phi) is 4.65. The maximum Gasteiger partial charge on any atom is 0.154 e. The van der Waals surface area contributed by atoms with E-state index in [0.717, 1.165) is 0 Å². The van der Waals surface area contributed by atoms with Gasteiger partial charge < -0.3 is 5.11 Å². The molecular weight excluding hydrogens is 146 g/mol. The molecule has 0 bridgehead atoms. The van der Waals surface area contributed by atoms with E-state index >= 15 is 0 Å². The van der Waals surface area contributed by atoms with E-state index in [4.69, 9.17) is 5.11 Å². The largest absolute Gasteiger partial charge is 0.395 e. The molecule has 0 fully saturated rings. The quantitative estimate of drug-likeness (QED) is 0.511. The van der Waals surface area contributed by atoms with Crippen LogP contribution in [0.15, 0.2) is 0 Å². The number of nitrogens with one attached hydrogen (secondary N) is 1. The predicted molar refractivity (Wildman–Crippen MR) is 40.2 cm³/mol. The van der Waals surface area contributed by atoms with E-state index in [9.17, 15) is 9.59 Å². The predicted octanol–water partition coefficient (Wildman–Crippen LogP) is -0.885. The number of Topliss-reactive ketones (excluding diaryl/α,β-unsaturated/α-hetero) is 2. The van der Waals surface area contributed by atoms with Crippen molar-refractivity contribution in [1.29, 1.82) is 0 Å². The monoisotopic (exact) mass is 159 g/mol. The van der Waals surface area contributed by atoms with E-state index < -0.39 is 6.04 Å². The van der Waals surface area contributed by atoms with Crippen LogP contribution < -0.4 is 5.32 Å². The van der Waals surface area contributed by atoms with Gasteiger partial charge in [0.05, 0.1) is 6.61 Å². The van der Waals surface area contributed by atoms with E-state index in [0.29, 0.717) is 0 Å². The van der Waals surface area contributed by atoms with Gasteiger partial charge in [-0.1, -0.05) is 0 Å². The molecule has 0 aromatic carbocycles. The minimum absolute atomic E-state index is 0.0724. The van der Waals surface area contributed by atoms with E-state index in [1.165, 1.54) is 13.8 Å². The third-order valence-electron chi connectivity index (χ3n) is 1.27. The summed E-state index contributed by atoms with van der Waals surface area (Å²) in [5.41, 5.74) is 0. The highest BCUT2D eigenvalue weighted by Gasteiger charge is 2.17. The molecule has 0 rings (SSSR count). The van der Waals surface area contributed by atoms with Gasteiger partial charge in [0, 0.05) is 6.54 Å². The molecule has 0 heterocycles. The summed E-state index contributed by atoms with van der Waals surface area (Å²) in [7, 11) is 0. The van der Waals surface area contributed by atoms with E-state index in [1.54, 1.807) is 0 Å². The average molecular weight is 159 g/mol. The molecule has 0 atom stereocenters. The molecule has 0 aromatic heterocycles. The van der Waals surface area contributed by atoms with E-state index in [1.807, 2.05) is 0 Å². The number of hydrogen-bond donors (Lipinski definition) is 2. The molecule has 4 nitrogen and oxygen atoms in total. The van der Waals surface area contributed by atoms with Crippen molar-refractivity contribution in [1.82, 2.24) is 5.32 Å². The van der Waals surface area contributed by atoms with Crippen LogP contribution in [0, 0.1) is 0 Å². The molecular formula is C7H13NO3. The molecule has 0 aliphatic rings. The third-order valence-corrected chi connectivity index (χ3v) is 1.27. The molecule has 0 aliphatic heterocycles. The van der Waals surface area contributed by atoms with Gasteiger partial charge in [-0.15, -0.1) is 0 Å². The summed E-state index contributed by atoms with van der Waals surface area (Å²) < 4.78 is 0. The maximum atomic E-state index is 10.7. The summed E-state index contributed by atoms with van der Waals surface area (Å²) in [6.45, 7) is 2.88. The van der Waals surface area contributed by atoms with Crippen LogP contribution in [0.1, 0.15) is 13.8 Å². The lowest BCUT2D eigenvalue weighted by Crippen LogP contribution is -2.42. The Morgan fingerprint density at radius 3 is 2.09 bits per heavy atom. The number of aliphatic hydroxyl groups excluding tert-OH is 1. The Labute approximate surface area is 65.6 Å². The summed E-state index contributed by atoms with van der Waals surface area (Å²) in [6, 6.07) is -0.748. The molecule has 0 amide bonds. The van der Waals surface area contributed by atoms with Crippen molar-refractivity contribution in [2.24, 2.45) is 0 Å². The van der Waals surface area contributed by atoms with Gasteiger partial charge in [0.2, 0.25) is 0 Å². The lowest BCUT2D eigenvalue weighted by atomic mass is 10.1. The Morgan fingerprint density at radius 2 is 1.82 bits per heavy atom. The number of carbonyl (C=O) groups excluding carboxylic acids is 2. The van der Waals surface area contributed by atoms with Crippen molar-refractivity contribution in [2.45, 2.75) is 19.9 Å². The molecule has 0 saturated carbocycles. The van der Waals surface area contributed by atoms with E-state index in [2.05, 4.69) is 5.32 Å². The van der Waals surface area contributed by atoms with Crippen LogP contribution in [0.3, 0.4) is 0 Å². The Balaban J connectivity index is 3.90. The minimum atomic E-state index is -0.748. The van der Waals surface area contributed by atoms with Crippen LogP contribution in [0.5, 0.6) is 0 Å². The summed E-state index contributed by atoms with van der Waals surface area (Å²) in [5, 5.41) is 11.0. The fourth-order valence-electron chi connectivity index (χ4n) is 0.783. The maximum absolute atomic E-state index is 10.7. The number of aliphatic hydroxyl groups is 1. The summed E-state index contributed by atoms with van der Waals surface area (Å²) in [6.07, 6.45) is 0. The SMILES string of the molecule is CC(=O)C(NCCO)C(C)=O. The van der Waals surface area contributed by atoms with Gasteiger partial charge in [-0.3, -0.25) is 14.9 Å². The lowest BCUT2D eigenvalue weighted by molar-refractivity contribution is -0.127. The van der Waals surface area contributed by atoms with Crippen molar-refractivity contribution in [2.75, 3.05) is 13.2 Å². The molecule has 0 saturated heterocycles. The Bertz CT molecular complexity index is 142. The minimum Gasteiger partial charge on any atom is -0.395 e. The van der Waals surface area contributed by atoms with Gasteiger partial charge in [-0.2, -0.15) is 0 Å². The third kappa shape index (κ3) is 3.85. The Hall–Kier alpha value is -0.740. The van der Waals surface area contributed by atoms with Crippen molar-refractivity contribution in [3.8, 4) is 0 Å². The highest BCUT2D eigenvalue weighted by Crippen LogP contribution is 1.86. The van der Waals surface area contributed by atoms with Gasteiger partial charge in [-0.25, -0.2) is 0 Å². The average Bonchev–Trinajstić information content (AvgIpc) is 1.87. The van der Waals surface area contributed by atoms with Crippen molar-refractivity contribution >= 4 is 11.6 Å². The van der Waals surface area contributed by atoms with Crippen LogP contribution in [0.25, 0.3) is 0 Å². The van der Waals surface area contributed by atoms with Crippen molar-refractivity contribution in [3.05, 3.63) is 0 Å². The summed E-state index contributed by atoms with van der Waals surface area (Å²) in [5.74, 6) is -0.433. The van der Waals surface area contributed by atoms with E-state index in [-0.39, 0.29) is 24.7 Å². The smallest absolute Gasteiger partial charge is 0.154 e. The van der Waals surface area contributed by atoms with Crippen molar-refractivity contribution in [3.63, 3.8) is 0 Å². The van der Waals surface area contributed by atoms with Gasteiger partial charge >= 0.3 is 0 Å². The molecule has 0 spiro atoms. The first-order valence-corrected chi connectivity index (χ1v) is 3.44.